The summed E-state index contributed by atoms with van der Waals surface area (Å²) in [6.07, 6.45) is -0.512. The molecule has 1 aliphatic heterocycles. The smallest absolute Gasteiger partial charge is 0.325 e. The number of esters is 1. The second kappa shape index (κ2) is 4.55. The van der Waals surface area contributed by atoms with Gasteiger partial charge in [0.2, 0.25) is 0 Å². The molecule has 5 nitrogen and oxygen atoms in total. The van der Waals surface area contributed by atoms with Crippen LogP contribution in [0.15, 0.2) is 0 Å². The van der Waals surface area contributed by atoms with Crippen LogP contribution < -0.4 is 5.32 Å². The molecule has 1 aliphatic rings. The molecule has 5 heteroatoms. The molecule has 0 aromatic carbocycles. The molecule has 0 aromatic heterocycles. The monoisotopic (exact) mass is 189 g/mol. The van der Waals surface area contributed by atoms with Crippen LogP contribution in [0.2, 0.25) is 0 Å². The van der Waals surface area contributed by atoms with Gasteiger partial charge in [0.15, 0.2) is 6.29 Å². The van der Waals surface area contributed by atoms with Crippen molar-refractivity contribution in [1.29, 1.82) is 0 Å². The van der Waals surface area contributed by atoms with Crippen molar-refractivity contribution in [1.82, 2.24) is 5.32 Å². The van der Waals surface area contributed by atoms with Crippen LogP contribution in [0.3, 0.4) is 0 Å². The molecule has 0 bridgehead atoms. The van der Waals surface area contributed by atoms with Gasteiger partial charge in [-0.3, -0.25) is 10.1 Å². The Morgan fingerprint density at radius 2 is 2.23 bits per heavy atom. The molecule has 0 aliphatic carbocycles. The van der Waals surface area contributed by atoms with E-state index in [2.05, 4.69) is 10.1 Å². The minimum Gasteiger partial charge on any atom is -0.468 e. The zero-order valence-electron chi connectivity index (χ0n) is 8.07. The summed E-state index contributed by atoms with van der Waals surface area (Å²) in [6, 6.07) is -0.392. The number of morpholine rings is 1. The molecule has 1 heterocycles. The molecule has 3 atom stereocenters. The van der Waals surface area contributed by atoms with E-state index in [1.54, 1.807) is 14.0 Å². The van der Waals surface area contributed by atoms with Crippen LogP contribution in [0.5, 0.6) is 0 Å². The van der Waals surface area contributed by atoms with Gasteiger partial charge in [0.05, 0.1) is 13.2 Å². The highest BCUT2D eigenvalue weighted by Gasteiger charge is 2.33. The number of rotatable bonds is 2. The maximum Gasteiger partial charge on any atom is 0.325 e. The topological polar surface area (TPSA) is 56.8 Å². The largest absolute Gasteiger partial charge is 0.468 e. The van der Waals surface area contributed by atoms with Gasteiger partial charge < -0.3 is 14.2 Å². The van der Waals surface area contributed by atoms with Crippen LogP contribution >= 0.6 is 0 Å². The van der Waals surface area contributed by atoms with Gasteiger partial charge in [0.1, 0.15) is 6.04 Å². The molecule has 0 radical (unpaired) electrons. The van der Waals surface area contributed by atoms with Crippen molar-refractivity contribution in [2.45, 2.75) is 25.4 Å². The third-order valence-corrected chi connectivity index (χ3v) is 2.06. The molecule has 1 rings (SSSR count). The second-order valence-electron chi connectivity index (χ2n) is 2.92. The first-order valence-corrected chi connectivity index (χ1v) is 4.18. The van der Waals surface area contributed by atoms with E-state index in [4.69, 9.17) is 9.47 Å². The van der Waals surface area contributed by atoms with Crippen molar-refractivity contribution in [3.8, 4) is 0 Å². The molecule has 13 heavy (non-hydrogen) atoms. The lowest BCUT2D eigenvalue weighted by Gasteiger charge is -2.33. The number of hydrogen-bond donors (Lipinski definition) is 1. The molecule has 76 valence electrons. The Hall–Kier alpha value is -0.650. The van der Waals surface area contributed by atoms with Crippen LogP contribution in [0.25, 0.3) is 0 Å². The quantitative estimate of drug-likeness (QED) is 0.594. The maximum absolute atomic E-state index is 11.2. The predicted octanol–water partition coefficient (Wildman–Crippen LogP) is -0.491. The van der Waals surface area contributed by atoms with E-state index in [1.165, 1.54) is 7.11 Å². The summed E-state index contributed by atoms with van der Waals surface area (Å²) in [7, 11) is 2.93. The fourth-order valence-corrected chi connectivity index (χ4v) is 1.30. The Morgan fingerprint density at radius 1 is 1.54 bits per heavy atom. The normalized spacial score (nSPS) is 34.2. The van der Waals surface area contributed by atoms with Gasteiger partial charge >= 0.3 is 5.97 Å². The Labute approximate surface area is 77.3 Å². The van der Waals surface area contributed by atoms with Crippen LogP contribution in [0.1, 0.15) is 6.92 Å². The minimum atomic E-state index is -0.392. The van der Waals surface area contributed by atoms with Crippen molar-refractivity contribution < 1.29 is 19.0 Å². The highest BCUT2D eigenvalue weighted by molar-refractivity contribution is 5.76. The lowest BCUT2D eigenvalue weighted by atomic mass is 10.1. The first-order chi connectivity index (χ1) is 6.19. The maximum atomic E-state index is 11.2. The summed E-state index contributed by atoms with van der Waals surface area (Å²) in [4.78, 5) is 11.2. The standard InChI is InChI=1S/C8H15NO4/c1-5-7(8(10)12-3)9-4-6(11-2)13-5/h5-7,9H,4H2,1-3H3/t5-,6?,7+/m1/s1. The molecule has 0 aromatic rings. The van der Waals surface area contributed by atoms with Gasteiger partial charge in [-0.2, -0.15) is 0 Å². The molecular formula is C8H15NO4. The Kier molecular flexibility index (Phi) is 3.65. The van der Waals surface area contributed by atoms with E-state index < -0.39 is 6.04 Å². The summed E-state index contributed by atoms with van der Waals surface area (Å²) < 4.78 is 15.0. The molecule has 0 amide bonds. The zero-order valence-corrected chi connectivity index (χ0v) is 8.07. The van der Waals surface area contributed by atoms with E-state index in [-0.39, 0.29) is 18.4 Å². The van der Waals surface area contributed by atoms with Crippen LogP contribution in [0.4, 0.5) is 0 Å². The molecule has 0 spiro atoms. The fourth-order valence-electron chi connectivity index (χ4n) is 1.30. The van der Waals surface area contributed by atoms with Gasteiger partial charge in [-0.05, 0) is 6.92 Å². The lowest BCUT2D eigenvalue weighted by molar-refractivity contribution is -0.188. The minimum absolute atomic E-state index is 0.230. The Balaban J connectivity index is 2.48. The lowest BCUT2D eigenvalue weighted by Crippen LogP contribution is -2.55. The number of hydrogen-bond acceptors (Lipinski definition) is 5. The van der Waals surface area contributed by atoms with E-state index in [9.17, 15) is 4.79 Å². The number of carbonyl (C=O) groups excluding carboxylic acids is 1. The fraction of sp³-hybridized carbons (Fsp3) is 0.875. The van der Waals surface area contributed by atoms with Crippen molar-refractivity contribution in [2.75, 3.05) is 20.8 Å². The van der Waals surface area contributed by atoms with Gasteiger partial charge in [-0.15, -0.1) is 0 Å². The van der Waals surface area contributed by atoms with Crippen LogP contribution in [0, 0.1) is 0 Å². The number of methoxy groups -OCH3 is 2. The highest BCUT2D eigenvalue weighted by Crippen LogP contribution is 2.10. The first kappa shape index (κ1) is 10.4. The third-order valence-electron chi connectivity index (χ3n) is 2.06. The third kappa shape index (κ3) is 2.40. The number of ether oxygens (including phenoxy) is 3. The predicted molar refractivity (Wildman–Crippen MR) is 45.2 cm³/mol. The Morgan fingerprint density at radius 3 is 2.69 bits per heavy atom. The average Bonchev–Trinajstić information content (AvgIpc) is 2.16. The van der Waals surface area contributed by atoms with Crippen molar-refractivity contribution in [3.63, 3.8) is 0 Å². The number of carbonyl (C=O) groups is 1. The van der Waals surface area contributed by atoms with Gasteiger partial charge in [-0.1, -0.05) is 0 Å². The SMILES string of the molecule is COC(=O)[C@H]1NCC(OC)O[C@@H]1C. The molecule has 0 saturated carbocycles. The van der Waals surface area contributed by atoms with E-state index in [0.717, 1.165) is 0 Å². The van der Waals surface area contributed by atoms with Crippen LogP contribution in [-0.4, -0.2) is 45.2 Å². The zero-order chi connectivity index (χ0) is 9.84. The molecular weight excluding hydrogens is 174 g/mol. The van der Waals surface area contributed by atoms with E-state index in [1.807, 2.05) is 0 Å². The van der Waals surface area contributed by atoms with Gasteiger partial charge in [0.25, 0.3) is 0 Å². The van der Waals surface area contributed by atoms with E-state index in [0.29, 0.717) is 6.54 Å². The summed E-state index contributed by atoms with van der Waals surface area (Å²) in [6.45, 7) is 2.31. The molecule has 1 saturated heterocycles. The van der Waals surface area contributed by atoms with Crippen molar-refractivity contribution in [2.24, 2.45) is 0 Å². The van der Waals surface area contributed by atoms with Crippen molar-refractivity contribution >= 4 is 5.97 Å². The summed E-state index contributed by atoms with van der Waals surface area (Å²) >= 11 is 0. The van der Waals surface area contributed by atoms with Gasteiger partial charge in [0, 0.05) is 13.7 Å². The Bertz CT molecular complexity index is 185. The molecule has 1 unspecified atom stereocenters. The first-order valence-electron chi connectivity index (χ1n) is 4.18. The number of nitrogens with one attached hydrogen (secondary N) is 1. The summed E-state index contributed by atoms with van der Waals surface area (Å²) in [5, 5.41) is 3.00. The van der Waals surface area contributed by atoms with Crippen LogP contribution in [-0.2, 0) is 19.0 Å². The second-order valence-corrected chi connectivity index (χ2v) is 2.92. The van der Waals surface area contributed by atoms with E-state index >= 15 is 0 Å². The van der Waals surface area contributed by atoms with Crippen molar-refractivity contribution in [3.05, 3.63) is 0 Å². The summed E-state index contributed by atoms with van der Waals surface area (Å²) in [5.74, 6) is -0.304. The molecule has 1 N–H and O–H groups in total. The summed E-state index contributed by atoms with van der Waals surface area (Å²) in [5.41, 5.74) is 0. The van der Waals surface area contributed by atoms with Gasteiger partial charge in [-0.25, -0.2) is 0 Å². The molecule has 1 fully saturated rings. The average molecular weight is 189 g/mol. The highest BCUT2D eigenvalue weighted by atomic mass is 16.7.